The van der Waals surface area contributed by atoms with Gasteiger partial charge in [0.15, 0.2) is 11.5 Å². The van der Waals surface area contributed by atoms with Gasteiger partial charge >= 0.3 is 11.8 Å². The van der Waals surface area contributed by atoms with Gasteiger partial charge in [-0.15, -0.1) is 0 Å². The molecule has 2 saturated heterocycles. The van der Waals surface area contributed by atoms with E-state index in [1.54, 1.807) is 12.3 Å². The van der Waals surface area contributed by atoms with E-state index in [4.69, 9.17) is 14.8 Å². The summed E-state index contributed by atoms with van der Waals surface area (Å²) in [6.45, 7) is 7.07. The molecule has 0 saturated carbocycles. The first-order valence-electron chi connectivity index (χ1n) is 15.1. The summed E-state index contributed by atoms with van der Waals surface area (Å²) in [5.41, 5.74) is 1.87. The van der Waals surface area contributed by atoms with Crippen molar-refractivity contribution in [3.63, 3.8) is 0 Å². The summed E-state index contributed by atoms with van der Waals surface area (Å²) < 4.78 is 51.7. The average Bonchev–Trinajstić information content (AvgIpc) is 3.49. The topological polar surface area (TPSA) is 113 Å². The van der Waals surface area contributed by atoms with E-state index >= 15 is 8.78 Å². The van der Waals surface area contributed by atoms with Crippen molar-refractivity contribution in [3.05, 3.63) is 65.3 Å². The number of nitriles is 1. The first-order valence-corrected chi connectivity index (χ1v) is 15.1. The van der Waals surface area contributed by atoms with Crippen molar-refractivity contribution < 1.29 is 22.7 Å². The SMILES string of the molecule is CC(C)Cc1nc2c(cnn2C2CCN(C3COC3)CC2)c(-c2ccc3c(c2)C(F)(F)C(=O)N3Cc2ncc(F)cn2)c1C#N. The van der Waals surface area contributed by atoms with Gasteiger partial charge in [0.25, 0.3) is 0 Å². The number of alkyl halides is 2. The second kappa shape index (κ2) is 11.2. The minimum atomic E-state index is -3.82. The number of hydrogen-bond acceptors (Lipinski definition) is 8. The Kier molecular flexibility index (Phi) is 7.29. The molecular formula is C32H31F3N8O2. The highest BCUT2D eigenvalue weighted by atomic mass is 19.3. The fourth-order valence-electron chi connectivity index (χ4n) is 6.55. The predicted molar refractivity (Wildman–Crippen MR) is 158 cm³/mol. The lowest BCUT2D eigenvalue weighted by atomic mass is 9.92. The molecule has 10 nitrogen and oxygen atoms in total. The number of nitrogens with zero attached hydrogens (tertiary/aromatic N) is 8. The maximum absolute atomic E-state index is 15.6. The Morgan fingerprint density at radius 2 is 1.84 bits per heavy atom. The molecule has 0 N–H and O–H groups in total. The van der Waals surface area contributed by atoms with E-state index in [0.717, 1.165) is 56.4 Å². The molecule has 0 spiro atoms. The van der Waals surface area contributed by atoms with E-state index in [0.29, 0.717) is 45.9 Å². The third-order valence-electron chi connectivity index (χ3n) is 8.91. The molecule has 3 aliphatic rings. The van der Waals surface area contributed by atoms with Crippen LogP contribution in [0.3, 0.4) is 0 Å². The number of likely N-dealkylation sites (tertiary alicyclic amines) is 1. The first-order chi connectivity index (χ1) is 21.7. The highest BCUT2D eigenvalue weighted by molar-refractivity contribution is 6.07. The maximum atomic E-state index is 15.6. The number of fused-ring (bicyclic) bond motifs is 2. The third-order valence-corrected chi connectivity index (χ3v) is 8.91. The normalized spacial score (nSPS) is 18.9. The lowest BCUT2D eigenvalue weighted by molar-refractivity contribution is -0.141. The van der Waals surface area contributed by atoms with Gasteiger partial charge in [-0.25, -0.2) is 24.0 Å². The molecule has 6 heterocycles. The number of carbonyl (C=O) groups excluding carboxylic acids is 1. The van der Waals surface area contributed by atoms with Crippen LogP contribution in [0.5, 0.6) is 0 Å². The molecular weight excluding hydrogens is 585 g/mol. The molecule has 1 aromatic carbocycles. The molecule has 4 aromatic rings. The molecule has 1 amide bonds. The van der Waals surface area contributed by atoms with Gasteiger partial charge in [-0.05, 0) is 42.9 Å². The fraction of sp³-hybridized carbons (Fsp3) is 0.438. The number of anilines is 1. The summed E-state index contributed by atoms with van der Waals surface area (Å²) in [6.07, 6.45) is 5.78. The van der Waals surface area contributed by atoms with Crippen molar-refractivity contribution in [2.45, 2.75) is 57.7 Å². The van der Waals surface area contributed by atoms with E-state index in [2.05, 4.69) is 20.9 Å². The van der Waals surface area contributed by atoms with Crippen LogP contribution in [-0.4, -0.2) is 67.9 Å². The molecule has 232 valence electrons. The minimum Gasteiger partial charge on any atom is -0.378 e. The van der Waals surface area contributed by atoms with Crippen molar-refractivity contribution in [1.82, 2.24) is 29.6 Å². The number of amides is 1. The second-order valence-corrected chi connectivity index (χ2v) is 12.3. The zero-order valence-corrected chi connectivity index (χ0v) is 24.9. The molecule has 0 unspecified atom stereocenters. The van der Waals surface area contributed by atoms with Gasteiger partial charge in [0.2, 0.25) is 0 Å². The van der Waals surface area contributed by atoms with Crippen LogP contribution in [-0.2, 0) is 28.4 Å². The van der Waals surface area contributed by atoms with E-state index in [1.807, 2.05) is 18.5 Å². The first kappa shape index (κ1) is 29.3. The van der Waals surface area contributed by atoms with E-state index < -0.39 is 23.2 Å². The largest absolute Gasteiger partial charge is 0.378 e. The smallest absolute Gasteiger partial charge is 0.352 e. The molecule has 3 aromatic heterocycles. The summed E-state index contributed by atoms with van der Waals surface area (Å²) >= 11 is 0. The zero-order valence-electron chi connectivity index (χ0n) is 24.9. The molecule has 7 rings (SSSR count). The molecule has 0 aliphatic carbocycles. The lowest BCUT2D eigenvalue weighted by Crippen LogP contribution is -2.51. The van der Waals surface area contributed by atoms with Crippen molar-refractivity contribution >= 4 is 22.6 Å². The van der Waals surface area contributed by atoms with Gasteiger partial charge in [-0.1, -0.05) is 19.9 Å². The Morgan fingerprint density at radius 3 is 2.49 bits per heavy atom. The van der Waals surface area contributed by atoms with Crippen molar-refractivity contribution in [2.75, 3.05) is 31.2 Å². The summed E-state index contributed by atoms with van der Waals surface area (Å²) in [5.74, 6) is -5.71. The predicted octanol–water partition coefficient (Wildman–Crippen LogP) is 4.77. The number of pyridine rings is 1. The molecule has 3 aliphatic heterocycles. The van der Waals surface area contributed by atoms with Crippen LogP contribution in [0.4, 0.5) is 18.9 Å². The van der Waals surface area contributed by atoms with Gasteiger partial charge in [-0.3, -0.25) is 14.6 Å². The van der Waals surface area contributed by atoms with Crippen LogP contribution in [0.2, 0.25) is 0 Å². The Labute approximate surface area is 257 Å². The van der Waals surface area contributed by atoms with E-state index in [-0.39, 0.29) is 30.0 Å². The van der Waals surface area contributed by atoms with Crippen LogP contribution in [0.1, 0.15) is 55.4 Å². The van der Waals surface area contributed by atoms with Crippen LogP contribution in [0.25, 0.3) is 22.2 Å². The summed E-state index contributed by atoms with van der Waals surface area (Å²) in [4.78, 5) is 28.9. The van der Waals surface area contributed by atoms with Crippen LogP contribution < -0.4 is 4.90 Å². The number of aromatic nitrogens is 5. The van der Waals surface area contributed by atoms with Gasteiger partial charge in [0.1, 0.15) is 11.9 Å². The number of piperidine rings is 1. The summed E-state index contributed by atoms with van der Waals surface area (Å²) in [6, 6.07) is 7.23. The molecule has 13 heteroatoms. The molecule has 0 atom stereocenters. The van der Waals surface area contributed by atoms with Gasteiger partial charge in [0.05, 0.1) is 72.9 Å². The van der Waals surface area contributed by atoms with Crippen molar-refractivity contribution in [1.29, 1.82) is 5.26 Å². The third kappa shape index (κ3) is 5.02. The van der Waals surface area contributed by atoms with E-state index in [1.165, 1.54) is 12.1 Å². The second-order valence-electron chi connectivity index (χ2n) is 12.3. The minimum absolute atomic E-state index is 0.00667. The molecule has 45 heavy (non-hydrogen) atoms. The van der Waals surface area contributed by atoms with Crippen LogP contribution in [0, 0.1) is 23.1 Å². The van der Waals surface area contributed by atoms with Gasteiger partial charge in [0, 0.05) is 24.0 Å². The maximum Gasteiger partial charge on any atom is 0.352 e. The Morgan fingerprint density at radius 1 is 1.11 bits per heavy atom. The number of halogens is 3. The summed E-state index contributed by atoms with van der Waals surface area (Å²) in [7, 11) is 0. The number of rotatable bonds is 7. The van der Waals surface area contributed by atoms with Crippen LogP contribution in [0.15, 0.2) is 36.8 Å². The van der Waals surface area contributed by atoms with Crippen molar-refractivity contribution in [3.8, 4) is 17.2 Å². The van der Waals surface area contributed by atoms with Crippen LogP contribution >= 0.6 is 0 Å². The number of carbonyl (C=O) groups is 1. The Hall–Kier alpha value is -4.41. The molecule has 0 radical (unpaired) electrons. The monoisotopic (exact) mass is 616 g/mol. The number of benzene rings is 1. The summed E-state index contributed by atoms with van der Waals surface area (Å²) in [5, 5.41) is 15.7. The quantitative estimate of drug-likeness (QED) is 0.292. The Bertz CT molecular complexity index is 1820. The number of hydrogen-bond donors (Lipinski definition) is 0. The molecule has 0 bridgehead atoms. The Balaban J connectivity index is 1.31. The van der Waals surface area contributed by atoms with Gasteiger partial charge in [-0.2, -0.15) is 19.1 Å². The zero-order chi connectivity index (χ0) is 31.5. The standard InChI is InChI=1S/C32H31F3N8O2/c1-18(2)9-26-23(11-36)29(24-14-39-43(30(24)40-26)21-5-7-41(8-6-21)22-16-45-17-22)19-3-4-27-25(10-19)32(34,35)31(44)42(27)15-28-37-12-20(33)13-38-28/h3-4,10,12-14,18,21-22H,5-9,15-17H2,1-2H3. The molecule has 2 fully saturated rings. The fourth-order valence-corrected chi connectivity index (χ4v) is 6.55. The van der Waals surface area contributed by atoms with Crippen molar-refractivity contribution in [2.24, 2.45) is 5.92 Å². The average molecular weight is 617 g/mol. The van der Waals surface area contributed by atoms with Gasteiger partial charge < -0.3 is 4.74 Å². The lowest BCUT2D eigenvalue weighted by Gasteiger charge is -2.41. The highest BCUT2D eigenvalue weighted by Crippen LogP contribution is 2.47. The number of ether oxygens (including phenoxy) is 1. The highest BCUT2D eigenvalue weighted by Gasteiger charge is 2.53. The van der Waals surface area contributed by atoms with E-state index in [9.17, 15) is 14.4 Å².